The zero-order chi connectivity index (χ0) is 19.4. The molecule has 1 aromatic carbocycles. The van der Waals surface area contributed by atoms with Gasteiger partial charge in [-0.1, -0.05) is 17.7 Å². The molecular formula is C20H23N3O4. The minimum absolute atomic E-state index is 0.194. The van der Waals surface area contributed by atoms with Gasteiger partial charge in [0.1, 0.15) is 6.61 Å². The fourth-order valence-corrected chi connectivity index (χ4v) is 2.65. The predicted molar refractivity (Wildman–Crippen MR) is 101 cm³/mol. The lowest BCUT2D eigenvalue weighted by atomic mass is 10.2. The van der Waals surface area contributed by atoms with E-state index in [0.717, 1.165) is 16.8 Å². The van der Waals surface area contributed by atoms with E-state index >= 15 is 0 Å². The van der Waals surface area contributed by atoms with Gasteiger partial charge in [0.15, 0.2) is 5.69 Å². The maximum absolute atomic E-state index is 12.6. The second-order valence-electron chi connectivity index (χ2n) is 6.68. The second kappa shape index (κ2) is 8.07. The molecule has 0 atom stereocenters. The van der Waals surface area contributed by atoms with Gasteiger partial charge >= 0.3 is 12.0 Å². The summed E-state index contributed by atoms with van der Waals surface area (Å²) in [7, 11) is 0. The molecule has 7 nitrogen and oxygen atoms in total. The molecule has 27 heavy (non-hydrogen) atoms. The van der Waals surface area contributed by atoms with Crippen molar-refractivity contribution in [3.05, 3.63) is 53.2 Å². The van der Waals surface area contributed by atoms with E-state index in [2.05, 4.69) is 10.3 Å². The van der Waals surface area contributed by atoms with Gasteiger partial charge in [0.25, 0.3) is 0 Å². The van der Waals surface area contributed by atoms with Crippen molar-refractivity contribution in [3.8, 4) is 5.88 Å². The number of aryl methyl sites for hydroxylation is 1. The van der Waals surface area contributed by atoms with Crippen molar-refractivity contribution in [2.24, 2.45) is 0 Å². The number of rotatable bonds is 3. The van der Waals surface area contributed by atoms with Crippen LogP contribution >= 0.6 is 0 Å². The molecule has 0 saturated carbocycles. The molecule has 7 heteroatoms. The normalized spacial score (nSPS) is 13.4. The fourth-order valence-electron chi connectivity index (χ4n) is 2.65. The number of benzene rings is 1. The Kier molecular flexibility index (Phi) is 5.59. The van der Waals surface area contributed by atoms with Crippen LogP contribution in [0.25, 0.3) is 0 Å². The Morgan fingerprint density at radius 1 is 1.19 bits per heavy atom. The van der Waals surface area contributed by atoms with E-state index < -0.39 is 5.97 Å². The average molecular weight is 369 g/mol. The molecule has 142 valence electrons. The molecular weight excluding hydrogens is 346 g/mol. The van der Waals surface area contributed by atoms with Crippen molar-refractivity contribution in [2.45, 2.75) is 33.4 Å². The quantitative estimate of drug-likeness (QED) is 0.839. The van der Waals surface area contributed by atoms with Crippen molar-refractivity contribution < 1.29 is 19.1 Å². The third kappa shape index (κ3) is 4.75. The molecule has 0 aliphatic carbocycles. The summed E-state index contributed by atoms with van der Waals surface area (Å²) in [5.74, 6) is -0.131. The van der Waals surface area contributed by atoms with Gasteiger partial charge in [0, 0.05) is 11.3 Å². The maximum atomic E-state index is 12.6. The summed E-state index contributed by atoms with van der Waals surface area (Å²) in [5.41, 5.74) is 2.80. The number of hydrogen-bond donors (Lipinski definition) is 1. The Labute approximate surface area is 158 Å². The zero-order valence-electron chi connectivity index (χ0n) is 15.7. The number of amides is 2. The van der Waals surface area contributed by atoms with Gasteiger partial charge in [-0.2, -0.15) is 0 Å². The van der Waals surface area contributed by atoms with E-state index in [9.17, 15) is 9.59 Å². The minimum atomic E-state index is -0.491. The molecule has 2 aromatic rings. The van der Waals surface area contributed by atoms with Crippen LogP contribution in [0, 0.1) is 6.92 Å². The van der Waals surface area contributed by atoms with Crippen LogP contribution in [0.3, 0.4) is 0 Å². The Morgan fingerprint density at radius 3 is 2.63 bits per heavy atom. The van der Waals surface area contributed by atoms with E-state index in [1.807, 2.05) is 31.2 Å². The molecule has 0 unspecified atom stereocenters. The molecule has 0 saturated heterocycles. The summed E-state index contributed by atoms with van der Waals surface area (Å²) in [6.07, 6.45) is -0.222. The maximum Gasteiger partial charge on any atom is 0.357 e. The molecule has 2 amide bonds. The highest BCUT2D eigenvalue weighted by Crippen LogP contribution is 2.22. The number of nitrogens with one attached hydrogen (secondary N) is 1. The average Bonchev–Trinajstić information content (AvgIpc) is 2.84. The number of ether oxygens (including phenoxy) is 2. The first-order chi connectivity index (χ1) is 12.9. The topological polar surface area (TPSA) is 80.8 Å². The highest BCUT2D eigenvalue weighted by Gasteiger charge is 2.22. The van der Waals surface area contributed by atoms with Crippen molar-refractivity contribution in [3.63, 3.8) is 0 Å². The number of urea groups is 1. The number of anilines is 1. The van der Waals surface area contributed by atoms with Gasteiger partial charge in [-0.25, -0.2) is 14.6 Å². The lowest BCUT2D eigenvalue weighted by Gasteiger charge is -2.20. The van der Waals surface area contributed by atoms with Gasteiger partial charge in [0.05, 0.1) is 19.2 Å². The number of nitrogens with zero attached hydrogens (tertiary/aromatic N) is 2. The molecule has 1 N–H and O–H groups in total. The molecule has 0 fully saturated rings. The molecule has 1 aliphatic rings. The fraction of sp³-hybridized carbons (Fsp3) is 0.350. The van der Waals surface area contributed by atoms with Crippen LogP contribution in [0.15, 0.2) is 36.4 Å². The van der Waals surface area contributed by atoms with Crippen LogP contribution in [0.1, 0.15) is 35.5 Å². The van der Waals surface area contributed by atoms with Crippen LogP contribution < -0.4 is 10.1 Å². The zero-order valence-corrected chi connectivity index (χ0v) is 15.7. The minimum Gasteiger partial charge on any atom is -0.476 e. The monoisotopic (exact) mass is 369 g/mol. The third-order valence-electron chi connectivity index (χ3n) is 4.04. The highest BCUT2D eigenvalue weighted by molar-refractivity contribution is 5.89. The van der Waals surface area contributed by atoms with Crippen molar-refractivity contribution >= 4 is 17.7 Å². The molecule has 1 aliphatic heterocycles. The Morgan fingerprint density at radius 2 is 1.93 bits per heavy atom. The van der Waals surface area contributed by atoms with Crippen molar-refractivity contribution in [2.75, 3.05) is 18.5 Å². The standard InChI is InChI=1S/C20H23N3O4/c1-13(2)27-19(24)17-9-6-15-12-23(10-11-26-18(15)22-17)20(25)21-16-7-4-14(3)5-8-16/h4-9,13H,10-12H2,1-3H3,(H,21,25). The summed E-state index contributed by atoms with van der Waals surface area (Å²) < 4.78 is 10.8. The second-order valence-corrected chi connectivity index (χ2v) is 6.68. The molecule has 3 rings (SSSR count). The molecule has 0 radical (unpaired) electrons. The van der Waals surface area contributed by atoms with E-state index in [-0.39, 0.29) is 17.8 Å². The lowest BCUT2D eigenvalue weighted by molar-refractivity contribution is 0.0369. The Hall–Kier alpha value is -3.09. The van der Waals surface area contributed by atoms with Crippen LogP contribution in [-0.4, -0.2) is 41.1 Å². The first-order valence-corrected chi connectivity index (χ1v) is 8.88. The van der Waals surface area contributed by atoms with Gasteiger partial charge in [-0.05, 0) is 45.0 Å². The van der Waals surface area contributed by atoms with E-state index in [4.69, 9.17) is 9.47 Å². The summed E-state index contributed by atoms with van der Waals surface area (Å²) in [6, 6.07) is 10.7. The SMILES string of the molecule is Cc1ccc(NC(=O)N2CCOc3nc(C(=O)OC(C)C)ccc3C2)cc1. The van der Waals surface area contributed by atoms with Crippen LogP contribution in [0.5, 0.6) is 5.88 Å². The Balaban J connectivity index is 1.71. The van der Waals surface area contributed by atoms with Gasteiger partial charge in [-0.15, -0.1) is 0 Å². The lowest BCUT2D eigenvalue weighted by Crippen LogP contribution is -2.36. The van der Waals surface area contributed by atoms with Crippen LogP contribution in [0.2, 0.25) is 0 Å². The van der Waals surface area contributed by atoms with Gasteiger partial charge in [-0.3, -0.25) is 0 Å². The summed E-state index contributed by atoms with van der Waals surface area (Å²) in [4.78, 5) is 30.5. The number of aromatic nitrogens is 1. The molecule has 1 aromatic heterocycles. The van der Waals surface area contributed by atoms with Gasteiger partial charge < -0.3 is 19.7 Å². The highest BCUT2D eigenvalue weighted by atomic mass is 16.5. The Bertz CT molecular complexity index is 834. The largest absolute Gasteiger partial charge is 0.476 e. The van der Waals surface area contributed by atoms with E-state index in [0.29, 0.717) is 25.6 Å². The smallest absolute Gasteiger partial charge is 0.357 e. The first kappa shape index (κ1) is 18.7. The molecule has 0 bridgehead atoms. The summed E-state index contributed by atoms with van der Waals surface area (Å²) in [6.45, 7) is 6.61. The van der Waals surface area contributed by atoms with Crippen molar-refractivity contribution in [1.29, 1.82) is 0 Å². The predicted octanol–water partition coefficient (Wildman–Crippen LogP) is 3.38. The summed E-state index contributed by atoms with van der Waals surface area (Å²) >= 11 is 0. The van der Waals surface area contributed by atoms with Crippen LogP contribution in [-0.2, 0) is 11.3 Å². The van der Waals surface area contributed by atoms with Gasteiger partial charge in [0.2, 0.25) is 5.88 Å². The summed E-state index contributed by atoms with van der Waals surface area (Å²) in [5, 5.41) is 2.89. The number of esters is 1. The first-order valence-electron chi connectivity index (χ1n) is 8.88. The molecule has 0 spiro atoms. The number of carbonyl (C=O) groups excluding carboxylic acids is 2. The number of carbonyl (C=O) groups is 2. The number of hydrogen-bond acceptors (Lipinski definition) is 5. The number of fused-ring (bicyclic) bond motifs is 1. The molecule has 2 heterocycles. The van der Waals surface area contributed by atoms with E-state index in [1.165, 1.54) is 0 Å². The van der Waals surface area contributed by atoms with Crippen LogP contribution in [0.4, 0.5) is 10.5 Å². The van der Waals surface area contributed by atoms with Crippen molar-refractivity contribution in [1.82, 2.24) is 9.88 Å². The third-order valence-corrected chi connectivity index (χ3v) is 4.04. The van der Waals surface area contributed by atoms with E-state index in [1.54, 1.807) is 30.9 Å². The number of pyridine rings is 1.